The maximum absolute atomic E-state index is 11.9. The maximum atomic E-state index is 11.9. The fraction of sp³-hybridized carbons (Fsp3) is 0.462. The molecule has 0 radical (unpaired) electrons. The summed E-state index contributed by atoms with van der Waals surface area (Å²) in [7, 11) is -2.14. The van der Waals surface area contributed by atoms with Crippen LogP contribution in [0.3, 0.4) is 0 Å². The van der Waals surface area contributed by atoms with Gasteiger partial charge in [0, 0.05) is 18.0 Å². The second kappa shape index (κ2) is 6.95. The Morgan fingerprint density at radius 1 is 1.40 bits per heavy atom. The summed E-state index contributed by atoms with van der Waals surface area (Å²) in [5.74, 6) is -0.360. The molecule has 0 saturated carbocycles. The van der Waals surface area contributed by atoms with Gasteiger partial charge in [-0.25, -0.2) is 8.42 Å². The van der Waals surface area contributed by atoms with Crippen molar-refractivity contribution in [2.75, 3.05) is 24.2 Å². The SMILES string of the molecule is COC(=O)CCCN(c1cc(Cl)ccc1C)S(C)(=O)=O. The number of benzene rings is 1. The van der Waals surface area contributed by atoms with E-state index in [1.807, 2.05) is 6.92 Å². The highest BCUT2D eigenvalue weighted by atomic mass is 35.5. The molecule has 1 aromatic rings. The van der Waals surface area contributed by atoms with Crippen molar-refractivity contribution < 1.29 is 17.9 Å². The Balaban J connectivity index is 2.96. The number of aryl methyl sites for hydroxylation is 1. The van der Waals surface area contributed by atoms with Gasteiger partial charge in [0.2, 0.25) is 10.0 Å². The number of sulfonamides is 1. The number of anilines is 1. The van der Waals surface area contributed by atoms with E-state index in [4.69, 9.17) is 11.6 Å². The van der Waals surface area contributed by atoms with Gasteiger partial charge >= 0.3 is 5.97 Å². The molecule has 20 heavy (non-hydrogen) atoms. The van der Waals surface area contributed by atoms with Crippen LogP contribution < -0.4 is 4.31 Å². The molecular weight excluding hydrogens is 302 g/mol. The first-order valence-electron chi connectivity index (χ1n) is 6.06. The lowest BCUT2D eigenvalue weighted by atomic mass is 10.2. The first kappa shape index (κ1) is 16.8. The van der Waals surface area contributed by atoms with Crippen molar-refractivity contribution in [3.8, 4) is 0 Å². The van der Waals surface area contributed by atoms with E-state index in [1.165, 1.54) is 11.4 Å². The third kappa shape index (κ3) is 4.68. The van der Waals surface area contributed by atoms with Crippen LogP contribution in [-0.4, -0.2) is 34.3 Å². The van der Waals surface area contributed by atoms with Crippen molar-refractivity contribution in [1.29, 1.82) is 0 Å². The molecule has 0 amide bonds. The highest BCUT2D eigenvalue weighted by molar-refractivity contribution is 7.92. The van der Waals surface area contributed by atoms with Crippen molar-refractivity contribution in [2.24, 2.45) is 0 Å². The van der Waals surface area contributed by atoms with Crippen LogP contribution in [0.15, 0.2) is 18.2 Å². The predicted molar refractivity (Wildman–Crippen MR) is 79.6 cm³/mol. The van der Waals surface area contributed by atoms with Crippen LogP contribution in [0.5, 0.6) is 0 Å². The fourth-order valence-corrected chi connectivity index (χ4v) is 2.97. The van der Waals surface area contributed by atoms with Gasteiger partial charge in [0.15, 0.2) is 0 Å². The molecule has 0 bridgehead atoms. The van der Waals surface area contributed by atoms with E-state index in [1.54, 1.807) is 18.2 Å². The molecule has 0 N–H and O–H groups in total. The van der Waals surface area contributed by atoms with Crippen LogP contribution in [0, 0.1) is 6.92 Å². The molecule has 0 heterocycles. The Hall–Kier alpha value is -1.27. The average Bonchev–Trinajstić information content (AvgIpc) is 2.36. The minimum Gasteiger partial charge on any atom is -0.469 e. The molecule has 0 saturated heterocycles. The van der Waals surface area contributed by atoms with Gasteiger partial charge in [-0.1, -0.05) is 17.7 Å². The molecule has 0 aliphatic carbocycles. The summed E-state index contributed by atoms with van der Waals surface area (Å²) in [5, 5.41) is 0.465. The number of hydrogen-bond donors (Lipinski definition) is 0. The van der Waals surface area contributed by atoms with Crippen LogP contribution in [0.4, 0.5) is 5.69 Å². The first-order valence-corrected chi connectivity index (χ1v) is 8.29. The third-order valence-electron chi connectivity index (χ3n) is 2.81. The number of hydrogen-bond acceptors (Lipinski definition) is 4. The molecule has 0 aromatic heterocycles. The molecule has 1 rings (SSSR count). The Kier molecular flexibility index (Phi) is 5.83. The molecule has 7 heteroatoms. The van der Waals surface area contributed by atoms with Gasteiger partial charge in [-0.3, -0.25) is 9.10 Å². The van der Waals surface area contributed by atoms with Crippen LogP contribution in [0.25, 0.3) is 0 Å². The summed E-state index contributed by atoms with van der Waals surface area (Å²) in [6.45, 7) is 2.01. The monoisotopic (exact) mass is 319 g/mol. The van der Waals surface area contributed by atoms with E-state index in [0.29, 0.717) is 17.1 Å². The van der Waals surface area contributed by atoms with E-state index in [2.05, 4.69) is 4.74 Å². The van der Waals surface area contributed by atoms with Gasteiger partial charge in [0.05, 0.1) is 19.1 Å². The summed E-state index contributed by atoms with van der Waals surface area (Å²) >= 11 is 5.92. The van der Waals surface area contributed by atoms with Gasteiger partial charge in [0.25, 0.3) is 0 Å². The molecular formula is C13H18ClNO4S. The quantitative estimate of drug-likeness (QED) is 0.755. The molecule has 0 unspecified atom stereocenters. The zero-order valence-corrected chi connectivity index (χ0v) is 13.3. The number of rotatable bonds is 6. The Morgan fingerprint density at radius 2 is 2.05 bits per heavy atom. The Morgan fingerprint density at radius 3 is 2.60 bits per heavy atom. The number of carbonyl (C=O) groups is 1. The summed E-state index contributed by atoms with van der Waals surface area (Å²) in [5.41, 5.74) is 1.34. The van der Waals surface area contributed by atoms with E-state index in [9.17, 15) is 13.2 Å². The van der Waals surface area contributed by atoms with Gasteiger partial charge in [0.1, 0.15) is 0 Å². The largest absolute Gasteiger partial charge is 0.469 e. The lowest BCUT2D eigenvalue weighted by Crippen LogP contribution is -2.31. The summed E-state index contributed by atoms with van der Waals surface area (Å²) in [4.78, 5) is 11.1. The predicted octanol–water partition coefficient (Wildman–Crippen LogP) is 2.37. The lowest BCUT2D eigenvalue weighted by molar-refractivity contribution is -0.140. The smallest absolute Gasteiger partial charge is 0.305 e. The molecule has 5 nitrogen and oxygen atoms in total. The van der Waals surface area contributed by atoms with Crippen molar-refractivity contribution in [3.05, 3.63) is 28.8 Å². The highest BCUT2D eigenvalue weighted by Crippen LogP contribution is 2.26. The number of halogens is 1. The standard InChI is InChI=1S/C13H18ClNO4S/c1-10-6-7-11(14)9-12(10)15(20(3,17)18)8-4-5-13(16)19-2/h6-7,9H,4-5,8H2,1-3H3. The maximum Gasteiger partial charge on any atom is 0.305 e. The number of carbonyl (C=O) groups excluding carboxylic acids is 1. The topological polar surface area (TPSA) is 63.7 Å². The zero-order valence-electron chi connectivity index (χ0n) is 11.7. The molecule has 0 fully saturated rings. The van der Waals surface area contributed by atoms with Gasteiger partial charge < -0.3 is 4.74 Å². The van der Waals surface area contributed by atoms with Crippen LogP contribution >= 0.6 is 11.6 Å². The lowest BCUT2D eigenvalue weighted by Gasteiger charge is -2.24. The number of nitrogens with zero attached hydrogens (tertiary/aromatic N) is 1. The third-order valence-corrected chi connectivity index (χ3v) is 4.23. The minimum absolute atomic E-state index is 0.169. The van der Waals surface area contributed by atoms with Crippen LogP contribution in [-0.2, 0) is 19.6 Å². The molecule has 112 valence electrons. The number of ether oxygens (including phenoxy) is 1. The van der Waals surface area contributed by atoms with Gasteiger partial charge in [-0.15, -0.1) is 0 Å². The van der Waals surface area contributed by atoms with Crippen LogP contribution in [0.2, 0.25) is 5.02 Å². The second-order valence-electron chi connectivity index (χ2n) is 4.45. The first-order chi connectivity index (χ1) is 9.25. The highest BCUT2D eigenvalue weighted by Gasteiger charge is 2.19. The average molecular weight is 320 g/mol. The molecule has 0 atom stereocenters. The number of esters is 1. The molecule has 0 spiro atoms. The minimum atomic E-state index is -3.44. The van der Waals surface area contributed by atoms with E-state index in [0.717, 1.165) is 11.8 Å². The van der Waals surface area contributed by atoms with Crippen LogP contribution in [0.1, 0.15) is 18.4 Å². The van der Waals surface area contributed by atoms with E-state index < -0.39 is 10.0 Å². The van der Waals surface area contributed by atoms with E-state index in [-0.39, 0.29) is 18.9 Å². The Labute approximate surface area is 124 Å². The van der Waals surface area contributed by atoms with E-state index >= 15 is 0 Å². The second-order valence-corrected chi connectivity index (χ2v) is 6.79. The summed E-state index contributed by atoms with van der Waals surface area (Å²) in [6.07, 6.45) is 1.68. The van der Waals surface area contributed by atoms with Crippen molar-refractivity contribution in [1.82, 2.24) is 0 Å². The zero-order chi connectivity index (χ0) is 15.3. The fourth-order valence-electron chi connectivity index (χ4n) is 1.79. The van der Waals surface area contributed by atoms with Gasteiger partial charge in [-0.05, 0) is 31.0 Å². The van der Waals surface area contributed by atoms with Gasteiger partial charge in [-0.2, -0.15) is 0 Å². The summed E-state index contributed by atoms with van der Waals surface area (Å²) in [6, 6.07) is 5.07. The molecule has 1 aromatic carbocycles. The number of methoxy groups -OCH3 is 1. The van der Waals surface area contributed by atoms with Crippen molar-refractivity contribution in [3.63, 3.8) is 0 Å². The normalized spacial score (nSPS) is 11.2. The Bertz CT molecular complexity index is 586. The van der Waals surface area contributed by atoms with Crippen molar-refractivity contribution >= 4 is 33.3 Å². The van der Waals surface area contributed by atoms with Crippen molar-refractivity contribution in [2.45, 2.75) is 19.8 Å². The summed E-state index contributed by atoms with van der Waals surface area (Å²) < 4.78 is 29.6. The molecule has 0 aliphatic heterocycles. The molecule has 0 aliphatic rings.